The van der Waals surface area contributed by atoms with Crippen LogP contribution in [0.25, 0.3) is 0 Å². The maximum Gasteiger partial charge on any atom is 0.254 e. The molecule has 2 aromatic rings. The highest BCUT2D eigenvalue weighted by molar-refractivity contribution is 7.88. The van der Waals surface area contributed by atoms with E-state index in [2.05, 4.69) is 10.4 Å². The van der Waals surface area contributed by atoms with Crippen LogP contribution in [0.15, 0.2) is 24.3 Å². The van der Waals surface area contributed by atoms with Crippen molar-refractivity contribution < 1.29 is 13.2 Å². The number of nitrogens with zero attached hydrogens (tertiary/aromatic N) is 3. The molecule has 1 unspecified atom stereocenters. The molecule has 1 atom stereocenters. The summed E-state index contributed by atoms with van der Waals surface area (Å²) in [5.41, 5.74) is 9.26. The number of anilines is 2. The number of nitrogen functional groups attached to an aromatic ring is 1. The minimum atomic E-state index is -3.35. The summed E-state index contributed by atoms with van der Waals surface area (Å²) in [7, 11) is -3.35. The van der Waals surface area contributed by atoms with E-state index in [0.717, 1.165) is 16.8 Å². The Balaban J connectivity index is 1.73. The highest BCUT2D eigenvalue weighted by Gasteiger charge is 2.34. The summed E-state index contributed by atoms with van der Waals surface area (Å²) in [5.74, 6) is -0.185. The van der Waals surface area contributed by atoms with Crippen molar-refractivity contribution in [2.24, 2.45) is 0 Å². The summed E-state index contributed by atoms with van der Waals surface area (Å²) in [4.78, 5) is 13.3. The van der Waals surface area contributed by atoms with Crippen LogP contribution in [0.5, 0.6) is 0 Å². The number of nitrogens with two attached hydrogens (primary N) is 1. The number of benzene rings is 1. The van der Waals surface area contributed by atoms with Gasteiger partial charge in [-0.05, 0) is 24.5 Å². The number of carbonyl (C=O) groups is 1. The first-order chi connectivity index (χ1) is 12.4. The average molecular weight is 375 g/mol. The van der Waals surface area contributed by atoms with Crippen LogP contribution in [0.1, 0.15) is 34.0 Å². The summed E-state index contributed by atoms with van der Waals surface area (Å²) in [6.07, 6.45) is 2.29. The molecule has 0 radical (unpaired) electrons. The zero-order valence-electron chi connectivity index (χ0n) is 14.5. The van der Waals surface area contributed by atoms with E-state index in [0.29, 0.717) is 37.4 Å². The van der Waals surface area contributed by atoms with Crippen molar-refractivity contribution in [1.82, 2.24) is 14.1 Å². The molecule has 3 heterocycles. The van der Waals surface area contributed by atoms with Crippen LogP contribution in [0.3, 0.4) is 0 Å². The molecule has 0 spiro atoms. The molecule has 2 aliphatic heterocycles. The molecule has 2 aliphatic rings. The number of aromatic nitrogens is 2. The van der Waals surface area contributed by atoms with Crippen molar-refractivity contribution in [3.05, 3.63) is 41.1 Å². The molecule has 4 rings (SSSR count). The summed E-state index contributed by atoms with van der Waals surface area (Å²) in [6.45, 7) is 1.17. The lowest BCUT2D eigenvalue weighted by molar-refractivity contribution is 0.0850. The SMILES string of the molecule is CS(=O)(=O)N1CCc2c(N)nn(C(=O)C3CCNc4ccccc43)c2C1. The van der Waals surface area contributed by atoms with Crippen molar-refractivity contribution in [3.8, 4) is 0 Å². The topological polar surface area (TPSA) is 110 Å². The first-order valence-corrected chi connectivity index (χ1v) is 10.4. The molecule has 3 N–H and O–H groups in total. The molecule has 0 bridgehead atoms. The number of carbonyl (C=O) groups excluding carboxylic acids is 1. The molecule has 1 aromatic heterocycles. The Kier molecular flexibility index (Phi) is 4.00. The van der Waals surface area contributed by atoms with Crippen molar-refractivity contribution in [1.29, 1.82) is 0 Å². The lowest BCUT2D eigenvalue weighted by atomic mass is 9.90. The van der Waals surface area contributed by atoms with E-state index in [9.17, 15) is 13.2 Å². The zero-order valence-corrected chi connectivity index (χ0v) is 15.3. The summed E-state index contributed by atoms with van der Waals surface area (Å²) in [6, 6.07) is 7.72. The predicted molar refractivity (Wildman–Crippen MR) is 98.5 cm³/mol. The van der Waals surface area contributed by atoms with Gasteiger partial charge in [-0.3, -0.25) is 4.79 Å². The van der Waals surface area contributed by atoms with Gasteiger partial charge in [-0.25, -0.2) is 13.1 Å². The third kappa shape index (κ3) is 2.77. The fourth-order valence-corrected chi connectivity index (χ4v) is 4.54. The fourth-order valence-electron chi connectivity index (χ4n) is 3.76. The largest absolute Gasteiger partial charge is 0.385 e. The van der Waals surface area contributed by atoms with Crippen LogP contribution >= 0.6 is 0 Å². The Morgan fingerprint density at radius 2 is 2.12 bits per heavy atom. The van der Waals surface area contributed by atoms with E-state index in [1.165, 1.54) is 15.2 Å². The minimum Gasteiger partial charge on any atom is -0.385 e. The Labute approximate surface area is 152 Å². The Morgan fingerprint density at radius 3 is 2.88 bits per heavy atom. The van der Waals surface area contributed by atoms with Crippen molar-refractivity contribution in [3.63, 3.8) is 0 Å². The Hall–Kier alpha value is -2.39. The van der Waals surface area contributed by atoms with E-state index in [-0.39, 0.29) is 18.4 Å². The van der Waals surface area contributed by atoms with E-state index >= 15 is 0 Å². The second-order valence-corrected chi connectivity index (χ2v) is 8.74. The molecule has 8 nitrogen and oxygen atoms in total. The second-order valence-electron chi connectivity index (χ2n) is 6.76. The lowest BCUT2D eigenvalue weighted by Gasteiger charge is -2.28. The van der Waals surface area contributed by atoms with E-state index in [1.807, 2.05) is 24.3 Å². The molecular weight excluding hydrogens is 354 g/mol. The Morgan fingerprint density at radius 1 is 1.35 bits per heavy atom. The van der Waals surface area contributed by atoms with Gasteiger partial charge in [0.2, 0.25) is 10.0 Å². The van der Waals surface area contributed by atoms with Gasteiger partial charge >= 0.3 is 0 Å². The monoisotopic (exact) mass is 375 g/mol. The van der Waals surface area contributed by atoms with Gasteiger partial charge < -0.3 is 11.1 Å². The fraction of sp³-hybridized carbons (Fsp3) is 0.412. The first-order valence-electron chi connectivity index (χ1n) is 8.54. The third-order valence-electron chi connectivity index (χ3n) is 5.12. The molecule has 9 heteroatoms. The molecule has 26 heavy (non-hydrogen) atoms. The van der Waals surface area contributed by atoms with Gasteiger partial charge in [-0.15, -0.1) is 5.10 Å². The normalized spacial score (nSPS) is 20.1. The first kappa shape index (κ1) is 17.0. The Bertz CT molecular complexity index is 982. The van der Waals surface area contributed by atoms with Crippen LogP contribution < -0.4 is 11.1 Å². The predicted octanol–water partition coefficient (Wildman–Crippen LogP) is 1.02. The molecule has 1 aromatic carbocycles. The van der Waals surface area contributed by atoms with Gasteiger partial charge in [-0.1, -0.05) is 18.2 Å². The van der Waals surface area contributed by atoms with Crippen LogP contribution in [0, 0.1) is 0 Å². The summed E-state index contributed by atoms with van der Waals surface area (Å²) < 4.78 is 26.5. The molecule has 0 saturated heterocycles. The highest BCUT2D eigenvalue weighted by atomic mass is 32.2. The quantitative estimate of drug-likeness (QED) is 0.811. The molecule has 0 aliphatic carbocycles. The number of sulfonamides is 1. The van der Waals surface area contributed by atoms with Gasteiger partial charge in [-0.2, -0.15) is 4.31 Å². The second kappa shape index (κ2) is 6.10. The van der Waals surface area contributed by atoms with E-state index in [1.54, 1.807) is 0 Å². The lowest BCUT2D eigenvalue weighted by Crippen LogP contribution is -2.37. The number of hydrogen-bond donors (Lipinski definition) is 2. The molecule has 138 valence electrons. The van der Waals surface area contributed by atoms with Crippen molar-refractivity contribution in [2.75, 3.05) is 30.4 Å². The van der Waals surface area contributed by atoms with E-state index in [4.69, 9.17) is 5.73 Å². The van der Waals surface area contributed by atoms with Crippen LogP contribution in [-0.4, -0.2) is 47.8 Å². The number of hydrogen-bond acceptors (Lipinski definition) is 6. The number of fused-ring (bicyclic) bond motifs is 2. The summed E-state index contributed by atoms with van der Waals surface area (Å²) in [5, 5.41) is 7.56. The van der Waals surface area contributed by atoms with Gasteiger partial charge in [0.25, 0.3) is 5.91 Å². The van der Waals surface area contributed by atoms with Crippen molar-refractivity contribution in [2.45, 2.75) is 25.3 Å². The third-order valence-corrected chi connectivity index (χ3v) is 6.37. The number of rotatable bonds is 2. The van der Waals surface area contributed by atoms with Gasteiger partial charge in [0.1, 0.15) is 5.82 Å². The van der Waals surface area contributed by atoms with Crippen LogP contribution in [0.4, 0.5) is 11.5 Å². The summed E-state index contributed by atoms with van der Waals surface area (Å²) >= 11 is 0. The smallest absolute Gasteiger partial charge is 0.254 e. The standard InChI is InChI=1S/C17H21N5O3S/c1-26(24,25)21-9-7-13-15(10-21)22(20-16(13)18)17(23)12-6-8-19-14-5-3-2-4-11(12)14/h2-5,12,19H,6-10H2,1H3,(H2,18,20). The molecule has 0 fully saturated rings. The van der Waals surface area contributed by atoms with Gasteiger partial charge in [0.05, 0.1) is 24.4 Å². The zero-order chi connectivity index (χ0) is 18.5. The van der Waals surface area contributed by atoms with Gasteiger partial charge in [0, 0.05) is 24.3 Å². The maximum atomic E-state index is 13.3. The number of nitrogens with one attached hydrogen (secondary N) is 1. The van der Waals surface area contributed by atoms with Crippen LogP contribution in [0.2, 0.25) is 0 Å². The van der Waals surface area contributed by atoms with Crippen molar-refractivity contribution >= 4 is 27.4 Å². The van der Waals surface area contributed by atoms with Gasteiger partial charge in [0.15, 0.2) is 0 Å². The highest BCUT2D eigenvalue weighted by Crippen LogP contribution is 2.34. The maximum absolute atomic E-state index is 13.3. The van der Waals surface area contributed by atoms with Crippen LogP contribution in [-0.2, 0) is 23.0 Å². The minimum absolute atomic E-state index is 0.122. The average Bonchev–Trinajstić information content (AvgIpc) is 2.96. The molecule has 0 saturated carbocycles. The molecular formula is C17H21N5O3S. The van der Waals surface area contributed by atoms with E-state index < -0.39 is 10.0 Å². The molecule has 0 amide bonds. The number of para-hydroxylation sites is 1.